The van der Waals surface area contributed by atoms with Crippen molar-refractivity contribution >= 4 is 5.69 Å². The lowest BCUT2D eigenvalue weighted by molar-refractivity contribution is 0.619. The predicted molar refractivity (Wildman–Crippen MR) is 45.7 cm³/mol. The summed E-state index contributed by atoms with van der Waals surface area (Å²) >= 11 is 0. The first-order chi connectivity index (χ1) is 6.29. The summed E-state index contributed by atoms with van der Waals surface area (Å²) in [5, 5.41) is 7.14. The van der Waals surface area contributed by atoms with E-state index in [1.807, 2.05) is 0 Å². The molecule has 1 heterocycles. The third kappa shape index (κ3) is 1.24. The molecule has 0 bridgehead atoms. The SMILES string of the molecule is Nc1cccc(F)c1-n1cnnc1. The van der Waals surface area contributed by atoms with Gasteiger partial charge in [-0.05, 0) is 12.1 Å². The Bertz CT molecular complexity index is 390. The lowest BCUT2D eigenvalue weighted by atomic mass is 10.2. The van der Waals surface area contributed by atoms with Crippen LogP contribution in [0.2, 0.25) is 0 Å². The molecule has 0 saturated carbocycles. The predicted octanol–water partition coefficient (Wildman–Crippen LogP) is 0.989. The zero-order valence-corrected chi connectivity index (χ0v) is 6.68. The van der Waals surface area contributed by atoms with E-state index in [9.17, 15) is 4.39 Å². The van der Waals surface area contributed by atoms with Gasteiger partial charge in [-0.1, -0.05) is 6.07 Å². The van der Waals surface area contributed by atoms with Crippen LogP contribution in [0, 0.1) is 5.82 Å². The van der Waals surface area contributed by atoms with Crippen molar-refractivity contribution in [3.05, 3.63) is 36.7 Å². The third-order valence-corrected chi connectivity index (χ3v) is 1.69. The van der Waals surface area contributed by atoms with Crippen LogP contribution in [-0.2, 0) is 0 Å². The third-order valence-electron chi connectivity index (χ3n) is 1.69. The molecule has 0 saturated heterocycles. The van der Waals surface area contributed by atoms with Gasteiger partial charge in [0.1, 0.15) is 24.2 Å². The van der Waals surface area contributed by atoms with Gasteiger partial charge in [0.25, 0.3) is 0 Å². The Balaban J connectivity index is 2.64. The minimum Gasteiger partial charge on any atom is -0.397 e. The molecule has 2 aromatic rings. The van der Waals surface area contributed by atoms with Gasteiger partial charge in [0.2, 0.25) is 0 Å². The molecule has 0 spiro atoms. The van der Waals surface area contributed by atoms with Crippen LogP contribution in [0.1, 0.15) is 0 Å². The minimum atomic E-state index is -0.389. The number of nitrogens with two attached hydrogens (primary N) is 1. The first-order valence-electron chi connectivity index (χ1n) is 3.68. The van der Waals surface area contributed by atoms with Crippen molar-refractivity contribution in [3.63, 3.8) is 0 Å². The summed E-state index contributed by atoms with van der Waals surface area (Å²) in [7, 11) is 0. The summed E-state index contributed by atoms with van der Waals surface area (Å²) in [6, 6.07) is 4.52. The molecule has 0 unspecified atom stereocenters. The maximum atomic E-state index is 13.3. The maximum Gasteiger partial charge on any atom is 0.149 e. The Morgan fingerprint density at radius 2 is 1.92 bits per heavy atom. The molecule has 0 aliphatic rings. The van der Waals surface area contributed by atoms with E-state index >= 15 is 0 Å². The molecule has 0 fully saturated rings. The average molecular weight is 178 g/mol. The summed E-state index contributed by atoms with van der Waals surface area (Å²) < 4.78 is 14.7. The summed E-state index contributed by atoms with van der Waals surface area (Å²) in [5.41, 5.74) is 6.24. The van der Waals surface area contributed by atoms with Gasteiger partial charge in [-0.15, -0.1) is 10.2 Å². The van der Waals surface area contributed by atoms with Crippen LogP contribution in [0.4, 0.5) is 10.1 Å². The molecule has 2 N–H and O–H groups in total. The van der Waals surface area contributed by atoms with Gasteiger partial charge >= 0.3 is 0 Å². The molecular formula is C8H7FN4. The van der Waals surface area contributed by atoms with Crippen LogP contribution in [0.25, 0.3) is 5.69 Å². The summed E-state index contributed by atoms with van der Waals surface area (Å²) in [4.78, 5) is 0. The van der Waals surface area contributed by atoms with E-state index < -0.39 is 0 Å². The van der Waals surface area contributed by atoms with Crippen LogP contribution in [0.3, 0.4) is 0 Å². The highest BCUT2D eigenvalue weighted by atomic mass is 19.1. The number of halogens is 1. The lowest BCUT2D eigenvalue weighted by Crippen LogP contribution is -2.00. The van der Waals surface area contributed by atoms with Gasteiger partial charge < -0.3 is 5.73 Å². The fourth-order valence-electron chi connectivity index (χ4n) is 1.12. The van der Waals surface area contributed by atoms with Gasteiger partial charge in [-0.2, -0.15) is 0 Å². The van der Waals surface area contributed by atoms with E-state index in [2.05, 4.69) is 10.2 Å². The summed E-state index contributed by atoms with van der Waals surface area (Å²) in [6.45, 7) is 0. The monoisotopic (exact) mass is 178 g/mol. The second kappa shape index (κ2) is 2.85. The molecule has 0 aliphatic carbocycles. The number of para-hydroxylation sites is 1. The molecule has 4 nitrogen and oxygen atoms in total. The Hall–Kier alpha value is -1.91. The number of hydrogen-bond acceptors (Lipinski definition) is 3. The highest BCUT2D eigenvalue weighted by Gasteiger charge is 2.07. The van der Waals surface area contributed by atoms with E-state index in [0.717, 1.165) is 0 Å². The van der Waals surface area contributed by atoms with Crippen molar-refractivity contribution < 1.29 is 4.39 Å². The van der Waals surface area contributed by atoms with Crippen molar-refractivity contribution in [1.82, 2.24) is 14.8 Å². The quantitative estimate of drug-likeness (QED) is 0.662. The average Bonchev–Trinajstić information content (AvgIpc) is 2.57. The number of hydrogen-bond donors (Lipinski definition) is 1. The largest absolute Gasteiger partial charge is 0.397 e. The molecule has 0 aliphatic heterocycles. The molecule has 0 amide bonds. The van der Waals surface area contributed by atoms with Crippen LogP contribution in [0.5, 0.6) is 0 Å². The zero-order chi connectivity index (χ0) is 9.26. The topological polar surface area (TPSA) is 56.7 Å². The Morgan fingerprint density at radius 1 is 1.23 bits per heavy atom. The molecule has 1 aromatic heterocycles. The normalized spacial score (nSPS) is 10.2. The van der Waals surface area contributed by atoms with Crippen LogP contribution < -0.4 is 5.73 Å². The second-order valence-corrected chi connectivity index (χ2v) is 2.55. The Labute approximate surface area is 73.8 Å². The van der Waals surface area contributed by atoms with E-state index in [1.165, 1.54) is 23.3 Å². The molecule has 66 valence electrons. The fraction of sp³-hybridized carbons (Fsp3) is 0. The number of anilines is 1. The molecule has 2 rings (SSSR count). The van der Waals surface area contributed by atoms with Crippen molar-refractivity contribution in [1.29, 1.82) is 0 Å². The minimum absolute atomic E-state index is 0.285. The smallest absolute Gasteiger partial charge is 0.149 e. The maximum absolute atomic E-state index is 13.3. The lowest BCUT2D eigenvalue weighted by Gasteiger charge is -2.05. The van der Waals surface area contributed by atoms with Gasteiger partial charge in [0.15, 0.2) is 0 Å². The summed E-state index contributed by atoms with van der Waals surface area (Å²) in [5.74, 6) is -0.389. The van der Waals surface area contributed by atoms with Crippen molar-refractivity contribution in [2.24, 2.45) is 0 Å². The van der Waals surface area contributed by atoms with Crippen molar-refractivity contribution in [2.75, 3.05) is 5.73 Å². The van der Waals surface area contributed by atoms with E-state index in [4.69, 9.17) is 5.73 Å². The van der Waals surface area contributed by atoms with E-state index in [1.54, 1.807) is 12.1 Å². The van der Waals surface area contributed by atoms with Crippen molar-refractivity contribution in [3.8, 4) is 5.69 Å². The van der Waals surface area contributed by atoms with Gasteiger partial charge in [0, 0.05) is 0 Å². The van der Waals surface area contributed by atoms with Crippen LogP contribution >= 0.6 is 0 Å². The summed E-state index contributed by atoms with van der Waals surface area (Å²) in [6.07, 6.45) is 2.80. The van der Waals surface area contributed by atoms with Gasteiger partial charge in [-0.3, -0.25) is 4.57 Å². The Kier molecular flexibility index (Phi) is 1.70. The van der Waals surface area contributed by atoms with E-state index in [0.29, 0.717) is 5.69 Å². The molecule has 1 aromatic carbocycles. The molecular weight excluding hydrogens is 171 g/mol. The van der Waals surface area contributed by atoms with E-state index in [-0.39, 0.29) is 11.5 Å². The van der Waals surface area contributed by atoms with Crippen LogP contribution in [0.15, 0.2) is 30.9 Å². The zero-order valence-electron chi connectivity index (χ0n) is 6.68. The van der Waals surface area contributed by atoms with Gasteiger partial charge in [0.05, 0.1) is 5.69 Å². The standard InChI is InChI=1S/C8H7FN4/c9-6-2-1-3-7(10)8(6)13-4-11-12-5-13/h1-5H,10H2. The molecule has 5 heteroatoms. The fourth-order valence-corrected chi connectivity index (χ4v) is 1.12. The number of rotatable bonds is 1. The molecule has 13 heavy (non-hydrogen) atoms. The number of benzene rings is 1. The second-order valence-electron chi connectivity index (χ2n) is 2.55. The highest BCUT2D eigenvalue weighted by Crippen LogP contribution is 2.19. The van der Waals surface area contributed by atoms with Gasteiger partial charge in [-0.25, -0.2) is 4.39 Å². The highest BCUT2D eigenvalue weighted by molar-refractivity contribution is 5.57. The van der Waals surface area contributed by atoms with Crippen LogP contribution in [-0.4, -0.2) is 14.8 Å². The first kappa shape index (κ1) is 7.72. The number of nitrogen functional groups attached to an aromatic ring is 1. The van der Waals surface area contributed by atoms with Crippen molar-refractivity contribution in [2.45, 2.75) is 0 Å². The molecule has 0 atom stereocenters. The number of nitrogens with zero attached hydrogens (tertiary/aromatic N) is 3. The molecule has 0 radical (unpaired) electrons. The first-order valence-corrected chi connectivity index (χ1v) is 3.68. The Morgan fingerprint density at radius 3 is 2.54 bits per heavy atom. The number of aromatic nitrogens is 3.